The van der Waals surface area contributed by atoms with E-state index in [2.05, 4.69) is 15.3 Å². The minimum absolute atomic E-state index is 0.00700. The molecular formula is C26H26ClFN4O4S. The number of fused-ring (bicyclic) bond motifs is 1. The van der Waals surface area contributed by atoms with Gasteiger partial charge in [0.05, 0.1) is 23.6 Å². The molecule has 194 valence electrons. The molecule has 1 fully saturated rings. The van der Waals surface area contributed by atoms with Crippen molar-refractivity contribution in [1.82, 2.24) is 9.97 Å². The number of nitrogens with zero attached hydrogens (tertiary/aromatic N) is 3. The van der Waals surface area contributed by atoms with Gasteiger partial charge in [-0.15, -0.1) is 0 Å². The molecule has 3 aromatic rings. The number of carbonyl (C=O) groups is 1. The van der Waals surface area contributed by atoms with E-state index in [9.17, 15) is 17.6 Å². The Labute approximate surface area is 219 Å². The number of anilines is 3. The van der Waals surface area contributed by atoms with Crippen LogP contribution in [0.5, 0.6) is 0 Å². The molecule has 0 unspecified atom stereocenters. The third kappa shape index (κ3) is 5.55. The van der Waals surface area contributed by atoms with Gasteiger partial charge in [0, 0.05) is 18.1 Å². The molecule has 2 aliphatic rings. The number of hydrogen-bond donors (Lipinski definition) is 2. The first-order valence-electron chi connectivity index (χ1n) is 12.1. The molecule has 8 nitrogen and oxygen atoms in total. The van der Waals surface area contributed by atoms with E-state index in [-0.39, 0.29) is 28.6 Å². The number of aliphatic carboxylic acids is 1. The number of aryl methyl sites for hydroxylation is 1. The van der Waals surface area contributed by atoms with Crippen LogP contribution < -0.4 is 10.2 Å². The lowest BCUT2D eigenvalue weighted by atomic mass is 9.89. The highest BCUT2D eigenvalue weighted by Gasteiger charge is 2.32. The number of nitrogens with one attached hydrogen (secondary N) is 1. The second-order valence-electron chi connectivity index (χ2n) is 9.39. The first-order chi connectivity index (χ1) is 17.7. The summed E-state index contributed by atoms with van der Waals surface area (Å²) >= 11 is 6.02. The summed E-state index contributed by atoms with van der Waals surface area (Å²) in [5, 5.41) is 12.5. The molecule has 1 saturated heterocycles. The summed E-state index contributed by atoms with van der Waals surface area (Å²) < 4.78 is 40.7. The molecule has 0 atom stereocenters. The number of piperidine rings is 1. The van der Waals surface area contributed by atoms with Gasteiger partial charge in [-0.2, -0.15) is 4.98 Å². The maximum absolute atomic E-state index is 14.8. The molecule has 1 aromatic heterocycles. The van der Waals surface area contributed by atoms with E-state index >= 15 is 0 Å². The molecule has 37 heavy (non-hydrogen) atoms. The zero-order chi connectivity index (χ0) is 26.2. The van der Waals surface area contributed by atoms with E-state index in [4.69, 9.17) is 16.7 Å². The van der Waals surface area contributed by atoms with Crippen LogP contribution in [-0.2, 0) is 27.5 Å². The normalized spacial score (nSPS) is 17.3. The highest BCUT2D eigenvalue weighted by molar-refractivity contribution is 7.91. The van der Waals surface area contributed by atoms with Crippen molar-refractivity contribution in [2.45, 2.75) is 42.9 Å². The average molecular weight is 545 g/mol. The minimum atomic E-state index is -3.64. The predicted octanol–water partition coefficient (Wildman–Crippen LogP) is 4.74. The van der Waals surface area contributed by atoms with Crippen molar-refractivity contribution >= 4 is 44.9 Å². The van der Waals surface area contributed by atoms with E-state index in [1.165, 1.54) is 17.7 Å². The Morgan fingerprint density at radius 3 is 2.54 bits per heavy atom. The van der Waals surface area contributed by atoms with E-state index in [0.29, 0.717) is 54.1 Å². The highest BCUT2D eigenvalue weighted by atomic mass is 35.5. The summed E-state index contributed by atoms with van der Waals surface area (Å²) in [6, 6.07) is 11.9. The Bertz CT molecular complexity index is 1440. The van der Waals surface area contributed by atoms with Gasteiger partial charge in [-0.25, -0.2) is 17.8 Å². The van der Waals surface area contributed by atoms with Crippen molar-refractivity contribution in [3.8, 4) is 0 Å². The van der Waals surface area contributed by atoms with Crippen LogP contribution in [0.1, 0.15) is 42.0 Å². The second-order valence-corrected chi connectivity index (χ2v) is 11.9. The number of carboxylic acid groups (broad SMARTS) is 1. The zero-order valence-corrected chi connectivity index (χ0v) is 21.5. The summed E-state index contributed by atoms with van der Waals surface area (Å²) in [5.41, 5.74) is 1.98. The first-order valence-corrected chi connectivity index (χ1v) is 14.1. The molecule has 0 radical (unpaired) electrons. The smallest absolute Gasteiger partial charge is 0.307 e. The highest BCUT2D eigenvalue weighted by Crippen LogP contribution is 2.36. The van der Waals surface area contributed by atoms with Crippen LogP contribution in [-0.4, -0.2) is 48.3 Å². The minimum Gasteiger partial charge on any atom is -0.481 e. The van der Waals surface area contributed by atoms with Crippen molar-refractivity contribution in [3.05, 3.63) is 70.1 Å². The second kappa shape index (κ2) is 10.3. The largest absolute Gasteiger partial charge is 0.481 e. The number of hydrogen-bond acceptors (Lipinski definition) is 7. The Morgan fingerprint density at radius 2 is 1.86 bits per heavy atom. The SMILES string of the molecule is O=C(O)Cc1ccc(Nc2nc(N3CCC(c4ccc(Cl)cc4)CC3)nc3c2S(=O)(=O)CCC3)c(F)c1. The number of halogens is 2. The van der Waals surface area contributed by atoms with Gasteiger partial charge >= 0.3 is 5.97 Å². The topological polar surface area (TPSA) is 112 Å². The lowest BCUT2D eigenvalue weighted by Crippen LogP contribution is -2.35. The lowest BCUT2D eigenvalue weighted by molar-refractivity contribution is -0.136. The Hall–Kier alpha value is -3.24. The van der Waals surface area contributed by atoms with Gasteiger partial charge in [-0.1, -0.05) is 29.8 Å². The Kier molecular flexibility index (Phi) is 7.04. The Morgan fingerprint density at radius 1 is 1.14 bits per heavy atom. The van der Waals surface area contributed by atoms with Crippen molar-refractivity contribution in [1.29, 1.82) is 0 Å². The van der Waals surface area contributed by atoms with Crippen LogP contribution in [0.15, 0.2) is 47.4 Å². The average Bonchev–Trinajstić information content (AvgIpc) is 2.85. The van der Waals surface area contributed by atoms with Crippen LogP contribution in [0.2, 0.25) is 5.02 Å². The number of sulfone groups is 1. The van der Waals surface area contributed by atoms with Crippen LogP contribution in [0.3, 0.4) is 0 Å². The summed E-state index contributed by atoms with van der Waals surface area (Å²) in [4.78, 5) is 22.2. The van der Waals surface area contributed by atoms with Gasteiger partial charge in [0.25, 0.3) is 0 Å². The third-order valence-electron chi connectivity index (χ3n) is 6.82. The quantitative estimate of drug-likeness (QED) is 0.457. The van der Waals surface area contributed by atoms with Crippen LogP contribution >= 0.6 is 11.6 Å². The molecular weight excluding hydrogens is 519 g/mol. The number of rotatable bonds is 6. The lowest BCUT2D eigenvalue weighted by Gasteiger charge is -2.33. The van der Waals surface area contributed by atoms with Gasteiger partial charge in [-0.3, -0.25) is 4.79 Å². The molecule has 5 rings (SSSR count). The maximum Gasteiger partial charge on any atom is 0.307 e. The number of aromatic nitrogens is 2. The van der Waals surface area contributed by atoms with Gasteiger partial charge < -0.3 is 15.3 Å². The predicted molar refractivity (Wildman–Crippen MR) is 139 cm³/mol. The van der Waals surface area contributed by atoms with Gasteiger partial charge in [0.1, 0.15) is 10.7 Å². The fraction of sp³-hybridized carbons (Fsp3) is 0.346. The molecule has 0 amide bonds. The monoisotopic (exact) mass is 544 g/mol. The van der Waals surface area contributed by atoms with Crippen LogP contribution in [0, 0.1) is 5.82 Å². The van der Waals surface area contributed by atoms with Gasteiger partial charge in [0.15, 0.2) is 15.7 Å². The summed E-state index contributed by atoms with van der Waals surface area (Å²) in [7, 11) is -3.64. The standard InChI is InChI=1S/C26H26ClFN4O4S/c27-19-6-4-17(5-7-19)18-9-11-32(12-10-18)26-30-22-2-1-13-37(35,36)24(22)25(31-26)29-21-8-3-16(14-20(21)28)15-23(33)34/h3-8,14,18H,1-2,9-13,15H2,(H,33,34)(H,29,30,31). The van der Waals surface area contributed by atoms with E-state index in [1.807, 2.05) is 29.2 Å². The molecule has 0 bridgehead atoms. The first kappa shape index (κ1) is 25.4. The summed E-state index contributed by atoms with van der Waals surface area (Å²) in [5.74, 6) is -0.947. The fourth-order valence-corrected chi connectivity index (χ4v) is 6.71. The van der Waals surface area contributed by atoms with Crippen molar-refractivity contribution in [2.24, 2.45) is 0 Å². The van der Waals surface area contributed by atoms with E-state index in [0.717, 1.165) is 18.9 Å². The molecule has 11 heteroatoms. The van der Waals surface area contributed by atoms with E-state index in [1.54, 1.807) is 0 Å². The zero-order valence-electron chi connectivity index (χ0n) is 20.0. The summed E-state index contributed by atoms with van der Waals surface area (Å²) in [6.07, 6.45) is 2.39. The number of carboxylic acids is 1. The molecule has 0 saturated carbocycles. The van der Waals surface area contributed by atoms with Crippen molar-refractivity contribution < 1.29 is 22.7 Å². The third-order valence-corrected chi connectivity index (χ3v) is 8.95. The molecule has 2 aromatic carbocycles. The summed E-state index contributed by atoms with van der Waals surface area (Å²) in [6.45, 7) is 1.38. The Balaban J connectivity index is 1.44. The van der Waals surface area contributed by atoms with Crippen molar-refractivity contribution in [2.75, 3.05) is 29.1 Å². The van der Waals surface area contributed by atoms with Crippen LogP contribution in [0.4, 0.5) is 21.8 Å². The fourth-order valence-electron chi connectivity index (χ4n) is 4.96. The van der Waals surface area contributed by atoms with Crippen molar-refractivity contribution in [3.63, 3.8) is 0 Å². The van der Waals surface area contributed by atoms with Crippen LogP contribution in [0.25, 0.3) is 0 Å². The molecule has 3 heterocycles. The molecule has 2 aliphatic heterocycles. The molecule has 0 aliphatic carbocycles. The van der Waals surface area contributed by atoms with Gasteiger partial charge in [-0.05, 0) is 67.0 Å². The molecule has 2 N–H and O–H groups in total. The molecule has 0 spiro atoms. The maximum atomic E-state index is 14.8. The number of benzene rings is 2. The van der Waals surface area contributed by atoms with Gasteiger partial charge in [0.2, 0.25) is 5.95 Å². The van der Waals surface area contributed by atoms with E-state index < -0.39 is 21.6 Å².